The molecule has 0 atom stereocenters. The van der Waals surface area contributed by atoms with Crippen molar-refractivity contribution in [2.45, 2.75) is 26.4 Å². The van der Waals surface area contributed by atoms with Gasteiger partial charge in [0, 0.05) is 23.3 Å². The predicted molar refractivity (Wildman–Crippen MR) is 57.8 cm³/mol. The maximum atomic E-state index is 5.85. The van der Waals surface area contributed by atoms with Gasteiger partial charge >= 0.3 is 0 Å². The molecule has 0 bridgehead atoms. The van der Waals surface area contributed by atoms with Gasteiger partial charge in [-0.15, -0.1) is 0 Å². The lowest BCUT2D eigenvalue weighted by Crippen LogP contribution is -2.22. The number of anilines is 1. The number of rotatable bonds is 3. The zero-order chi connectivity index (χ0) is 9.84. The van der Waals surface area contributed by atoms with Crippen LogP contribution in [0.15, 0.2) is 18.2 Å². The van der Waals surface area contributed by atoms with E-state index in [1.165, 1.54) is 0 Å². The Morgan fingerprint density at radius 1 is 1.46 bits per heavy atom. The Hall–Kier alpha value is -0.730. The Balaban J connectivity index is 2.70. The minimum absolute atomic E-state index is 0.457. The van der Waals surface area contributed by atoms with Crippen LogP contribution in [0.4, 0.5) is 5.69 Å². The molecule has 2 nitrogen and oxygen atoms in total. The minimum Gasteiger partial charge on any atom is -0.398 e. The third kappa shape index (κ3) is 3.25. The molecule has 0 unspecified atom stereocenters. The van der Waals surface area contributed by atoms with Crippen molar-refractivity contribution in [3.05, 3.63) is 28.8 Å². The van der Waals surface area contributed by atoms with Crippen LogP contribution in [-0.4, -0.2) is 6.04 Å². The summed E-state index contributed by atoms with van der Waals surface area (Å²) in [5.41, 5.74) is 7.62. The largest absolute Gasteiger partial charge is 0.398 e. The topological polar surface area (TPSA) is 38.0 Å². The molecule has 0 saturated carbocycles. The Morgan fingerprint density at radius 2 is 2.15 bits per heavy atom. The SMILES string of the molecule is CC(C)NCc1cc(Cl)ccc1N. The molecule has 13 heavy (non-hydrogen) atoms. The molecular weight excluding hydrogens is 184 g/mol. The van der Waals surface area contributed by atoms with Gasteiger partial charge in [0.2, 0.25) is 0 Å². The highest BCUT2D eigenvalue weighted by molar-refractivity contribution is 6.30. The van der Waals surface area contributed by atoms with Crippen molar-refractivity contribution in [3.8, 4) is 0 Å². The molecule has 0 amide bonds. The van der Waals surface area contributed by atoms with Gasteiger partial charge in [0.15, 0.2) is 0 Å². The fraction of sp³-hybridized carbons (Fsp3) is 0.400. The second-order valence-corrected chi connectivity index (χ2v) is 3.82. The maximum Gasteiger partial charge on any atom is 0.0410 e. The van der Waals surface area contributed by atoms with E-state index in [4.69, 9.17) is 17.3 Å². The van der Waals surface area contributed by atoms with Gasteiger partial charge in [0.25, 0.3) is 0 Å². The van der Waals surface area contributed by atoms with Crippen LogP contribution >= 0.6 is 11.6 Å². The summed E-state index contributed by atoms with van der Waals surface area (Å²) in [6, 6.07) is 5.99. The molecule has 0 radical (unpaired) electrons. The zero-order valence-corrected chi connectivity index (χ0v) is 8.73. The van der Waals surface area contributed by atoms with Gasteiger partial charge in [-0.1, -0.05) is 25.4 Å². The summed E-state index contributed by atoms with van der Waals surface area (Å²) >= 11 is 5.85. The van der Waals surface area contributed by atoms with Gasteiger partial charge in [-0.3, -0.25) is 0 Å². The fourth-order valence-electron chi connectivity index (χ4n) is 1.04. The molecular formula is C10H15ClN2. The van der Waals surface area contributed by atoms with Gasteiger partial charge in [-0.25, -0.2) is 0 Å². The van der Waals surface area contributed by atoms with E-state index >= 15 is 0 Å². The van der Waals surface area contributed by atoms with Crippen LogP contribution in [0, 0.1) is 0 Å². The van der Waals surface area contributed by atoms with E-state index in [0.717, 1.165) is 22.8 Å². The van der Waals surface area contributed by atoms with Crippen molar-refractivity contribution in [1.82, 2.24) is 5.32 Å². The van der Waals surface area contributed by atoms with Crippen LogP contribution in [0.2, 0.25) is 5.02 Å². The van der Waals surface area contributed by atoms with Crippen LogP contribution in [-0.2, 0) is 6.54 Å². The van der Waals surface area contributed by atoms with Gasteiger partial charge in [-0.2, -0.15) is 0 Å². The van der Waals surface area contributed by atoms with E-state index in [1.807, 2.05) is 12.1 Å². The number of hydrogen-bond acceptors (Lipinski definition) is 2. The third-order valence-corrected chi connectivity index (χ3v) is 2.04. The van der Waals surface area contributed by atoms with E-state index in [-0.39, 0.29) is 0 Å². The van der Waals surface area contributed by atoms with E-state index < -0.39 is 0 Å². The first-order valence-electron chi connectivity index (χ1n) is 4.37. The maximum absolute atomic E-state index is 5.85. The number of hydrogen-bond donors (Lipinski definition) is 2. The number of nitrogen functional groups attached to an aromatic ring is 1. The smallest absolute Gasteiger partial charge is 0.0410 e. The van der Waals surface area contributed by atoms with Crippen molar-refractivity contribution < 1.29 is 0 Å². The normalized spacial score (nSPS) is 10.8. The van der Waals surface area contributed by atoms with Crippen LogP contribution < -0.4 is 11.1 Å². The van der Waals surface area contributed by atoms with Crippen LogP contribution in [0.5, 0.6) is 0 Å². The Labute approximate surface area is 84.1 Å². The molecule has 1 aromatic rings. The Morgan fingerprint density at radius 3 is 2.77 bits per heavy atom. The van der Waals surface area contributed by atoms with E-state index in [2.05, 4.69) is 19.2 Å². The summed E-state index contributed by atoms with van der Waals surface area (Å²) in [5.74, 6) is 0. The van der Waals surface area contributed by atoms with Crippen molar-refractivity contribution >= 4 is 17.3 Å². The lowest BCUT2D eigenvalue weighted by Gasteiger charge is -2.10. The Kier molecular flexibility index (Phi) is 3.58. The molecule has 0 aliphatic rings. The minimum atomic E-state index is 0.457. The van der Waals surface area contributed by atoms with E-state index in [0.29, 0.717) is 6.04 Å². The summed E-state index contributed by atoms with van der Waals surface area (Å²) in [7, 11) is 0. The monoisotopic (exact) mass is 198 g/mol. The molecule has 0 aliphatic carbocycles. The van der Waals surface area contributed by atoms with Gasteiger partial charge in [0.05, 0.1) is 0 Å². The lowest BCUT2D eigenvalue weighted by molar-refractivity contribution is 0.589. The van der Waals surface area contributed by atoms with Gasteiger partial charge < -0.3 is 11.1 Å². The summed E-state index contributed by atoms with van der Waals surface area (Å²) in [4.78, 5) is 0. The average Bonchev–Trinajstić information content (AvgIpc) is 2.06. The van der Waals surface area contributed by atoms with Crippen LogP contribution in [0.25, 0.3) is 0 Å². The molecule has 0 heterocycles. The third-order valence-electron chi connectivity index (χ3n) is 1.81. The van der Waals surface area contributed by atoms with Crippen molar-refractivity contribution in [3.63, 3.8) is 0 Å². The van der Waals surface area contributed by atoms with Crippen molar-refractivity contribution in [2.75, 3.05) is 5.73 Å². The lowest BCUT2D eigenvalue weighted by atomic mass is 10.2. The molecule has 72 valence electrons. The molecule has 0 spiro atoms. The van der Waals surface area contributed by atoms with Crippen molar-refractivity contribution in [2.24, 2.45) is 0 Å². The standard InChI is InChI=1S/C10H15ClN2/c1-7(2)13-6-8-5-9(11)3-4-10(8)12/h3-5,7,13H,6,12H2,1-2H3. The average molecular weight is 199 g/mol. The number of nitrogens with two attached hydrogens (primary N) is 1. The van der Waals surface area contributed by atoms with E-state index in [1.54, 1.807) is 6.07 Å². The molecule has 0 saturated heterocycles. The number of benzene rings is 1. The number of halogens is 1. The zero-order valence-electron chi connectivity index (χ0n) is 7.97. The molecule has 0 fully saturated rings. The highest BCUT2D eigenvalue weighted by atomic mass is 35.5. The number of nitrogens with one attached hydrogen (secondary N) is 1. The summed E-state index contributed by atoms with van der Waals surface area (Å²) in [5, 5.41) is 4.02. The Bertz CT molecular complexity index is 284. The predicted octanol–water partition coefficient (Wildman–Crippen LogP) is 2.42. The van der Waals surface area contributed by atoms with Crippen LogP contribution in [0.3, 0.4) is 0 Å². The molecule has 3 heteroatoms. The molecule has 1 rings (SSSR count). The molecule has 1 aromatic carbocycles. The first kappa shape index (κ1) is 10.4. The first-order valence-corrected chi connectivity index (χ1v) is 4.74. The summed E-state index contributed by atoms with van der Waals surface area (Å²) in [6.45, 7) is 4.96. The highest BCUT2D eigenvalue weighted by Crippen LogP contribution is 2.17. The summed E-state index contributed by atoms with van der Waals surface area (Å²) in [6.07, 6.45) is 0. The second kappa shape index (κ2) is 4.49. The summed E-state index contributed by atoms with van der Waals surface area (Å²) < 4.78 is 0. The quantitative estimate of drug-likeness (QED) is 0.733. The molecule has 3 N–H and O–H groups in total. The van der Waals surface area contributed by atoms with Crippen LogP contribution in [0.1, 0.15) is 19.4 Å². The molecule has 0 aromatic heterocycles. The fourth-order valence-corrected chi connectivity index (χ4v) is 1.24. The van der Waals surface area contributed by atoms with Crippen molar-refractivity contribution in [1.29, 1.82) is 0 Å². The van der Waals surface area contributed by atoms with Gasteiger partial charge in [-0.05, 0) is 23.8 Å². The second-order valence-electron chi connectivity index (χ2n) is 3.38. The molecule has 0 aliphatic heterocycles. The van der Waals surface area contributed by atoms with E-state index in [9.17, 15) is 0 Å². The highest BCUT2D eigenvalue weighted by Gasteiger charge is 2.00. The van der Waals surface area contributed by atoms with Gasteiger partial charge in [0.1, 0.15) is 0 Å². The first-order chi connectivity index (χ1) is 6.09.